The fourth-order valence-electron chi connectivity index (χ4n) is 4.52. The molecule has 3 aromatic carbocycles. The molecule has 1 heterocycles. The van der Waals surface area contributed by atoms with E-state index < -0.39 is 0 Å². The van der Waals surface area contributed by atoms with Crippen LogP contribution in [-0.4, -0.2) is 9.97 Å². The van der Waals surface area contributed by atoms with Gasteiger partial charge in [0, 0.05) is 11.1 Å². The van der Waals surface area contributed by atoms with E-state index in [2.05, 4.69) is 92.3 Å². The van der Waals surface area contributed by atoms with E-state index in [9.17, 15) is 0 Å². The topological polar surface area (TPSA) is 25.8 Å². The Morgan fingerprint density at radius 3 is 2.30 bits per heavy atom. The number of aromatic nitrogens is 2. The summed E-state index contributed by atoms with van der Waals surface area (Å²) in [6, 6.07) is 20.0. The van der Waals surface area contributed by atoms with Crippen molar-refractivity contribution in [2.75, 3.05) is 0 Å². The van der Waals surface area contributed by atoms with Crippen molar-refractivity contribution < 1.29 is 0 Å². The lowest BCUT2D eigenvalue weighted by Gasteiger charge is -2.13. The molecule has 4 aromatic rings. The number of benzene rings is 3. The second-order valence-corrected chi connectivity index (χ2v) is 8.38. The molecule has 1 aromatic heterocycles. The van der Waals surface area contributed by atoms with Gasteiger partial charge in [-0.3, -0.25) is 0 Å². The molecule has 0 saturated carbocycles. The Bertz CT molecular complexity index is 1170. The Morgan fingerprint density at radius 2 is 1.53 bits per heavy atom. The minimum atomic E-state index is 0.976. The van der Waals surface area contributed by atoms with Crippen molar-refractivity contribution in [2.45, 2.75) is 53.4 Å². The standard InChI is InChI=1S/C28H30N2/c1-5-6-7-9-22-12-13-24-23(16-22)10-8-11-25(24)26-17-27(30-18-29-26)28-20(3)14-19(2)15-21(28)4/h8,10-18H,5-7,9H2,1-4H3. The summed E-state index contributed by atoms with van der Waals surface area (Å²) in [6.07, 6.45) is 6.65. The van der Waals surface area contributed by atoms with Crippen molar-refractivity contribution in [1.82, 2.24) is 9.97 Å². The summed E-state index contributed by atoms with van der Waals surface area (Å²) >= 11 is 0. The van der Waals surface area contributed by atoms with Crippen molar-refractivity contribution in [2.24, 2.45) is 0 Å². The van der Waals surface area contributed by atoms with Crippen LogP contribution in [0.15, 0.2) is 60.9 Å². The Morgan fingerprint density at radius 1 is 0.767 bits per heavy atom. The highest BCUT2D eigenvalue weighted by Gasteiger charge is 2.12. The maximum absolute atomic E-state index is 4.63. The minimum Gasteiger partial charge on any atom is -0.236 e. The second-order valence-electron chi connectivity index (χ2n) is 8.38. The van der Waals surface area contributed by atoms with Crippen LogP contribution in [0.5, 0.6) is 0 Å². The molecule has 0 spiro atoms. The average Bonchev–Trinajstić information content (AvgIpc) is 2.73. The molecule has 0 fully saturated rings. The van der Waals surface area contributed by atoms with E-state index in [0.29, 0.717) is 0 Å². The Hall–Kier alpha value is -3.00. The van der Waals surface area contributed by atoms with Crippen molar-refractivity contribution >= 4 is 10.8 Å². The molecule has 4 rings (SSSR count). The highest BCUT2D eigenvalue weighted by Crippen LogP contribution is 2.32. The number of hydrogen-bond acceptors (Lipinski definition) is 2. The highest BCUT2D eigenvalue weighted by molar-refractivity contribution is 5.96. The Labute approximate surface area is 180 Å². The number of aryl methyl sites for hydroxylation is 4. The van der Waals surface area contributed by atoms with E-state index in [4.69, 9.17) is 0 Å². The van der Waals surface area contributed by atoms with Crippen LogP contribution >= 0.6 is 0 Å². The molecule has 0 unspecified atom stereocenters. The zero-order valence-electron chi connectivity index (χ0n) is 18.5. The predicted molar refractivity (Wildman–Crippen MR) is 128 cm³/mol. The molecule has 2 nitrogen and oxygen atoms in total. The van der Waals surface area contributed by atoms with Crippen molar-refractivity contribution in [3.63, 3.8) is 0 Å². The summed E-state index contributed by atoms with van der Waals surface area (Å²) in [7, 11) is 0. The van der Waals surface area contributed by atoms with Gasteiger partial charge >= 0.3 is 0 Å². The Kier molecular flexibility index (Phi) is 5.94. The summed E-state index contributed by atoms with van der Waals surface area (Å²) in [4.78, 5) is 9.25. The van der Waals surface area contributed by atoms with Gasteiger partial charge in [-0.1, -0.05) is 73.9 Å². The van der Waals surface area contributed by atoms with Crippen molar-refractivity contribution in [3.05, 3.63) is 83.2 Å². The molecular weight excluding hydrogens is 364 g/mol. The van der Waals surface area contributed by atoms with E-state index in [1.807, 2.05) is 0 Å². The van der Waals surface area contributed by atoms with Gasteiger partial charge in [-0.05, 0) is 67.1 Å². The molecule has 30 heavy (non-hydrogen) atoms. The van der Waals surface area contributed by atoms with Crippen molar-refractivity contribution in [3.8, 4) is 22.5 Å². The van der Waals surface area contributed by atoms with Gasteiger partial charge in [0.25, 0.3) is 0 Å². The van der Waals surface area contributed by atoms with Crippen LogP contribution in [0.4, 0.5) is 0 Å². The average molecular weight is 395 g/mol. The molecule has 0 aliphatic carbocycles. The number of fused-ring (bicyclic) bond motifs is 1. The number of rotatable bonds is 6. The fraction of sp³-hybridized carbons (Fsp3) is 0.286. The quantitative estimate of drug-likeness (QED) is 0.314. The van der Waals surface area contributed by atoms with Gasteiger partial charge in [0.2, 0.25) is 0 Å². The first-order valence-electron chi connectivity index (χ1n) is 11.0. The lowest BCUT2D eigenvalue weighted by molar-refractivity contribution is 0.718. The lowest BCUT2D eigenvalue weighted by atomic mass is 9.95. The van der Waals surface area contributed by atoms with Gasteiger partial charge in [0.1, 0.15) is 6.33 Å². The molecule has 2 heteroatoms. The van der Waals surface area contributed by atoms with Gasteiger partial charge < -0.3 is 0 Å². The smallest absolute Gasteiger partial charge is 0.116 e. The maximum Gasteiger partial charge on any atom is 0.116 e. The summed E-state index contributed by atoms with van der Waals surface area (Å²) in [5.74, 6) is 0. The Balaban J connectivity index is 1.75. The normalized spacial score (nSPS) is 11.2. The van der Waals surface area contributed by atoms with Gasteiger partial charge in [0.05, 0.1) is 11.4 Å². The van der Waals surface area contributed by atoms with Crippen molar-refractivity contribution in [1.29, 1.82) is 0 Å². The SMILES string of the molecule is CCCCCc1ccc2c(-c3cc(-c4c(C)cc(C)cc4C)ncn3)cccc2c1. The predicted octanol–water partition coefficient (Wildman–Crippen LogP) is 7.62. The molecule has 0 amide bonds. The molecule has 152 valence electrons. The maximum atomic E-state index is 4.63. The summed E-state index contributed by atoms with van der Waals surface area (Å²) < 4.78 is 0. The van der Waals surface area contributed by atoms with Crippen LogP contribution in [0.1, 0.15) is 48.4 Å². The van der Waals surface area contributed by atoms with Gasteiger partial charge in [0.15, 0.2) is 0 Å². The van der Waals surface area contributed by atoms with Gasteiger partial charge in [-0.2, -0.15) is 0 Å². The summed E-state index contributed by atoms with van der Waals surface area (Å²) in [5, 5.41) is 2.53. The lowest BCUT2D eigenvalue weighted by Crippen LogP contribution is -1.95. The van der Waals surface area contributed by atoms with E-state index in [1.165, 1.54) is 63.4 Å². The molecule has 0 saturated heterocycles. The van der Waals surface area contributed by atoms with Crippen LogP contribution < -0.4 is 0 Å². The van der Waals surface area contributed by atoms with E-state index >= 15 is 0 Å². The zero-order valence-corrected chi connectivity index (χ0v) is 18.5. The van der Waals surface area contributed by atoms with Gasteiger partial charge in [-0.15, -0.1) is 0 Å². The van der Waals surface area contributed by atoms with Crippen LogP contribution in [0.25, 0.3) is 33.3 Å². The molecule has 0 radical (unpaired) electrons. The third-order valence-electron chi connectivity index (χ3n) is 5.89. The van der Waals surface area contributed by atoms with Crippen LogP contribution in [0.2, 0.25) is 0 Å². The molecule has 0 bridgehead atoms. The highest BCUT2D eigenvalue weighted by atomic mass is 14.8. The zero-order chi connectivity index (χ0) is 21.1. The van der Waals surface area contributed by atoms with Gasteiger partial charge in [-0.25, -0.2) is 9.97 Å². The number of nitrogens with zero attached hydrogens (tertiary/aromatic N) is 2. The van der Waals surface area contributed by atoms with Crippen LogP contribution in [0, 0.1) is 20.8 Å². The fourth-order valence-corrected chi connectivity index (χ4v) is 4.52. The van der Waals surface area contributed by atoms with E-state index in [0.717, 1.165) is 17.8 Å². The molecule has 0 aliphatic rings. The monoisotopic (exact) mass is 394 g/mol. The molecular formula is C28H30N2. The third-order valence-corrected chi connectivity index (χ3v) is 5.89. The first kappa shape index (κ1) is 20.3. The first-order valence-corrected chi connectivity index (χ1v) is 11.0. The minimum absolute atomic E-state index is 0.976. The van der Waals surface area contributed by atoms with Crippen LogP contribution in [0.3, 0.4) is 0 Å². The first-order chi connectivity index (χ1) is 14.6. The second kappa shape index (κ2) is 8.79. The summed E-state index contributed by atoms with van der Waals surface area (Å²) in [6.45, 7) is 8.72. The largest absolute Gasteiger partial charge is 0.236 e. The number of hydrogen-bond donors (Lipinski definition) is 0. The van der Waals surface area contributed by atoms with Crippen LogP contribution in [-0.2, 0) is 6.42 Å². The molecule has 0 N–H and O–H groups in total. The summed E-state index contributed by atoms with van der Waals surface area (Å²) in [5.41, 5.74) is 9.56. The van der Waals surface area contributed by atoms with E-state index in [-0.39, 0.29) is 0 Å². The molecule has 0 aliphatic heterocycles. The molecule has 0 atom stereocenters. The van der Waals surface area contributed by atoms with E-state index in [1.54, 1.807) is 6.33 Å². The number of unbranched alkanes of at least 4 members (excludes halogenated alkanes) is 2. The third kappa shape index (κ3) is 4.14.